The van der Waals surface area contributed by atoms with E-state index in [1.165, 1.54) is 4.88 Å². The van der Waals surface area contributed by atoms with Crippen molar-refractivity contribution in [3.05, 3.63) is 37.7 Å². The Hall–Kier alpha value is -0.400. The highest BCUT2D eigenvalue weighted by Gasteiger charge is 2.02. The van der Waals surface area contributed by atoms with Gasteiger partial charge in [-0.3, -0.25) is 0 Å². The zero-order valence-corrected chi connectivity index (χ0v) is 12.0. The van der Waals surface area contributed by atoms with Gasteiger partial charge in [0.05, 0.1) is 6.54 Å². The van der Waals surface area contributed by atoms with Crippen LogP contribution in [-0.2, 0) is 19.5 Å². The summed E-state index contributed by atoms with van der Waals surface area (Å²) in [5.41, 5.74) is 0. The molecule has 0 spiro atoms. The van der Waals surface area contributed by atoms with Gasteiger partial charge in [-0.05, 0) is 41.1 Å². The normalized spacial score (nSPS) is 10.9. The van der Waals surface area contributed by atoms with Crippen LogP contribution in [0.4, 0.5) is 0 Å². The summed E-state index contributed by atoms with van der Waals surface area (Å²) in [6.07, 6.45) is 3.02. The summed E-state index contributed by atoms with van der Waals surface area (Å²) in [6, 6.07) is 3.96. The molecule has 0 aliphatic carbocycles. The Morgan fingerprint density at radius 2 is 2.31 bits per heavy atom. The first-order valence-corrected chi connectivity index (χ1v) is 7.06. The molecule has 86 valence electrons. The van der Waals surface area contributed by atoms with E-state index in [-0.39, 0.29) is 0 Å². The first kappa shape index (κ1) is 12.1. The molecule has 0 saturated heterocycles. The zero-order chi connectivity index (χ0) is 11.4. The molecular formula is C11H13IN2OS. The van der Waals surface area contributed by atoms with Gasteiger partial charge in [-0.15, -0.1) is 11.3 Å². The third kappa shape index (κ3) is 3.29. The molecule has 0 fully saturated rings. The van der Waals surface area contributed by atoms with E-state index in [1.807, 2.05) is 18.3 Å². The van der Waals surface area contributed by atoms with Crippen molar-refractivity contribution in [2.45, 2.75) is 26.4 Å². The van der Waals surface area contributed by atoms with Crippen molar-refractivity contribution in [2.75, 3.05) is 0 Å². The number of thiazole rings is 1. The van der Waals surface area contributed by atoms with Gasteiger partial charge in [0.2, 0.25) is 0 Å². The van der Waals surface area contributed by atoms with Gasteiger partial charge in [-0.2, -0.15) is 0 Å². The zero-order valence-electron chi connectivity index (χ0n) is 9.00. The number of nitrogens with zero attached hydrogens (tertiary/aromatic N) is 1. The quantitative estimate of drug-likeness (QED) is 0.844. The molecule has 3 nitrogen and oxygen atoms in total. The number of hydrogen-bond donors (Lipinski definition) is 1. The molecule has 2 heterocycles. The minimum absolute atomic E-state index is 0.754. The van der Waals surface area contributed by atoms with Gasteiger partial charge in [-0.25, -0.2) is 4.98 Å². The lowest BCUT2D eigenvalue weighted by molar-refractivity contribution is 0.463. The molecule has 0 bridgehead atoms. The Morgan fingerprint density at radius 3 is 2.94 bits per heavy atom. The fourth-order valence-electron chi connectivity index (χ4n) is 1.33. The molecule has 2 rings (SSSR count). The molecule has 0 radical (unpaired) electrons. The van der Waals surface area contributed by atoms with Crippen LogP contribution < -0.4 is 5.32 Å². The van der Waals surface area contributed by atoms with Crippen molar-refractivity contribution >= 4 is 33.9 Å². The van der Waals surface area contributed by atoms with Gasteiger partial charge in [0.25, 0.3) is 0 Å². The molecule has 0 aliphatic heterocycles. The summed E-state index contributed by atoms with van der Waals surface area (Å²) < 4.78 is 6.38. The highest BCUT2D eigenvalue weighted by atomic mass is 127. The Balaban J connectivity index is 1.79. The standard InChI is InChI=1S/C11H13IN2OS/c1-2-9-6-14-11(16-9)7-13-5-8-3-4-10(12)15-8/h3-4,6,13H,2,5,7H2,1H3. The molecule has 0 amide bonds. The Labute approximate surface area is 112 Å². The number of halogens is 1. The maximum Gasteiger partial charge on any atom is 0.164 e. The summed E-state index contributed by atoms with van der Waals surface area (Å²) in [7, 11) is 0. The number of hydrogen-bond acceptors (Lipinski definition) is 4. The van der Waals surface area contributed by atoms with Gasteiger partial charge in [-0.1, -0.05) is 6.92 Å². The smallest absolute Gasteiger partial charge is 0.164 e. The van der Waals surface area contributed by atoms with Crippen LogP contribution in [0.1, 0.15) is 22.6 Å². The lowest BCUT2D eigenvalue weighted by atomic mass is 10.4. The van der Waals surface area contributed by atoms with E-state index in [4.69, 9.17) is 4.42 Å². The monoisotopic (exact) mass is 348 g/mol. The van der Waals surface area contributed by atoms with Crippen LogP contribution in [0.2, 0.25) is 0 Å². The SMILES string of the molecule is CCc1cnc(CNCc2ccc(I)o2)s1. The van der Waals surface area contributed by atoms with Gasteiger partial charge >= 0.3 is 0 Å². The van der Waals surface area contributed by atoms with Crippen LogP contribution in [0.3, 0.4) is 0 Å². The number of nitrogens with one attached hydrogen (secondary N) is 1. The fraction of sp³-hybridized carbons (Fsp3) is 0.364. The molecule has 16 heavy (non-hydrogen) atoms. The van der Waals surface area contributed by atoms with Crippen molar-refractivity contribution in [3.63, 3.8) is 0 Å². The van der Waals surface area contributed by atoms with Gasteiger partial charge in [0.15, 0.2) is 3.77 Å². The second-order valence-electron chi connectivity index (χ2n) is 3.38. The Morgan fingerprint density at radius 1 is 1.44 bits per heavy atom. The number of aryl methyl sites for hydroxylation is 1. The van der Waals surface area contributed by atoms with Gasteiger partial charge < -0.3 is 9.73 Å². The summed E-state index contributed by atoms with van der Waals surface area (Å²) >= 11 is 3.94. The largest absolute Gasteiger partial charge is 0.454 e. The third-order valence-corrected chi connectivity index (χ3v) is 3.88. The maximum absolute atomic E-state index is 5.45. The highest BCUT2D eigenvalue weighted by molar-refractivity contribution is 14.1. The highest BCUT2D eigenvalue weighted by Crippen LogP contribution is 2.13. The molecule has 2 aromatic rings. The molecule has 2 aromatic heterocycles. The average Bonchev–Trinajstić information content (AvgIpc) is 2.88. The number of furan rings is 1. The summed E-state index contributed by atoms with van der Waals surface area (Å²) in [5.74, 6) is 0.969. The van der Waals surface area contributed by atoms with Crippen LogP contribution in [0, 0.1) is 3.77 Å². The minimum atomic E-state index is 0.754. The van der Waals surface area contributed by atoms with Crippen LogP contribution in [0.5, 0.6) is 0 Å². The number of aromatic nitrogens is 1. The maximum atomic E-state index is 5.45. The Bertz CT molecular complexity index is 452. The molecule has 0 aromatic carbocycles. The summed E-state index contributed by atoms with van der Waals surface area (Å²) in [6.45, 7) is 3.71. The molecule has 0 atom stereocenters. The first-order valence-electron chi connectivity index (χ1n) is 5.16. The van der Waals surface area contributed by atoms with Crippen molar-refractivity contribution in [2.24, 2.45) is 0 Å². The van der Waals surface area contributed by atoms with Crippen LogP contribution >= 0.6 is 33.9 Å². The van der Waals surface area contributed by atoms with E-state index in [1.54, 1.807) is 11.3 Å². The Kier molecular flexibility index (Phi) is 4.37. The van der Waals surface area contributed by atoms with Gasteiger partial charge in [0.1, 0.15) is 10.8 Å². The summed E-state index contributed by atoms with van der Waals surface area (Å²) in [5, 5.41) is 4.46. The van der Waals surface area contributed by atoms with Crippen molar-refractivity contribution in [1.82, 2.24) is 10.3 Å². The van der Waals surface area contributed by atoms with Crippen molar-refractivity contribution < 1.29 is 4.42 Å². The first-order chi connectivity index (χ1) is 7.78. The number of rotatable bonds is 5. The van der Waals surface area contributed by atoms with E-state index < -0.39 is 0 Å². The minimum Gasteiger partial charge on any atom is -0.454 e. The molecular weight excluding hydrogens is 335 g/mol. The summed E-state index contributed by atoms with van der Waals surface area (Å²) in [4.78, 5) is 5.68. The van der Waals surface area contributed by atoms with E-state index in [0.717, 1.165) is 34.0 Å². The second kappa shape index (κ2) is 5.79. The van der Waals surface area contributed by atoms with Crippen molar-refractivity contribution in [3.8, 4) is 0 Å². The van der Waals surface area contributed by atoms with Crippen molar-refractivity contribution in [1.29, 1.82) is 0 Å². The molecule has 0 saturated carbocycles. The predicted octanol–water partition coefficient (Wildman–Crippen LogP) is 3.19. The van der Waals surface area contributed by atoms with E-state index in [9.17, 15) is 0 Å². The van der Waals surface area contributed by atoms with Crippen LogP contribution in [0.15, 0.2) is 22.7 Å². The molecule has 1 N–H and O–H groups in total. The van der Waals surface area contributed by atoms with Gasteiger partial charge in [0, 0.05) is 17.6 Å². The van der Waals surface area contributed by atoms with Crippen LogP contribution in [-0.4, -0.2) is 4.98 Å². The lowest BCUT2D eigenvalue weighted by Crippen LogP contribution is -2.11. The van der Waals surface area contributed by atoms with E-state index in [2.05, 4.69) is 39.8 Å². The predicted molar refractivity (Wildman–Crippen MR) is 73.5 cm³/mol. The average molecular weight is 348 g/mol. The second-order valence-corrected chi connectivity index (χ2v) is 5.65. The molecule has 5 heteroatoms. The molecule has 0 aliphatic rings. The van der Waals surface area contributed by atoms with E-state index >= 15 is 0 Å². The third-order valence-electron chi connectivity index (χ3n) is 2.15. The van der Waals surface area contributed by atoms with Crippen LogP contribution in [0.25, 0.3) is 0 Å². The fourth-order valence-corrected chi connectivity index (χ4v) is 2.63. The topological polar surface area (TPSA) is 38.1 Å². The molecule has 0 unspecified atom stereocenters. The lowest BCUT2D eigenvalue weighted by Gasteiger charge is -1.98. The van der Waals surface area contributed by atoms with E-state index in [0.29, 0.717) is 0 Å².